The fraction of sp³-hybridized carbons (Fsp3) is 0.217. The molecule has 1 unspecified atom stereocenters. The molecular formula is C23H23N7O2. The van der Waals surface area contributed by atoms with E-state index in [0.717, 1.165) is 11.1 Å². The Morgan fingerprint density at radius 1 is 1.09 bits per heavy atom. The molecule has 4 aromatic rings. The minimum atomic E-state index is -0.876. The first kappa shape index (κ1) is 21.3. The van der Waals surface area contributed by atoms with E-state index in [-0.39, 0.29) is 17.8 Å². The Balaban J connectivity index is 1.81. The average Bonchev–Trinajstić information content (AvgIpc) is 3.30. The van der Waals surface area contributed by atoms with E-state index in [2.05, 4.69) is 30.8 Å². The summed E-state index contributed by atoms with van der Waals surface area (Å²) >= 11 is 0. The summed E-state index contributed by atoms with van der Waals surface area (Å²) in [5.41, 5.74) is 4.21. The maximum absolute atomic E-state index is 13.3. The Bertz CT molecular complexity index is 1220. The smallest absolute Gasteiger partial charge is 0.252 e. The second kappa shape index (κ2) is 9.03. The largest absolute Gasteiger partial charge is 0.385 e. The summed E-state index contributed by atoms with van der Waals surface area (Å²) in [4.78, 5) is 21.6. The Morgan fingerprint density at radius 2 is 1.88 bits per heavy atom. The number of aromatic nitrogens is 6. The number of hydrogen-bond donors (Lipinski definition) is 2. The SMILES string of the molecule is Cc1c(C(=O)N[C@@H](C)c2cnccn2)cc(-c2ccccc2)cc1-n1nnnc1C(C)O. The number of rotatable bonds is 6. The number of benzene rings is 2. The number of hydrogen-bond acceptors (Lipinski definition) is 7. The summed E-state index contributed by atoms with van der Waals surface area (Å²) in [7, 11) is 0. The van der Waals surface area contributed by atoms with E-state index in [0.29, 0.717) is 22.5 Å². The summed E-state index contributed by atoms with van der Waals surface area (Å²) in [6, 6.07) is 13.2. The van der Waals surface area contributed by atoms with Crippen molar-refractivity contribution in [3.63, 3.8) is 0 Å². The zero-order chi connectivity index (χ0) is 22.7. The minimum Gasteiger partial charge on any atom is -0.385 e. The zero-order valence-electron chi connectivity index (χ0n) is 18.0. The van der Waals surface area contributed by atoms with Crippen LogP contribution in [0.5, 0.6) is 0 Å². The highest BCUT2D eigenvalue weighted by molar-refractivity contribution is 5.98. The van der Waals surface area contributed by atoms with E-state index in [9.17, 15) is 9.90 Å². The molecule has 0 aliphatic heterocycles. The van der Waals surface area contributed by atoms with Crippen LogP contribution in [0.15, 0.2) is 61.1 Å². The zero-order valence-corrected chi connectivity index (χ0v) is 18.0. The summed E-state index contributed by atoms with van der Waals surface area (Å²) in [5.74, 6) is 0.0314. The van der Waals surface area contributed by atoms with Gasteiger partial charge in [0.15, 0.2) is 5.82 Å². The normalized spacial score (nSPS) is 12.9. The molecule has 0 aliphatic rings. The highest BCUT2D eigenvalue weighted by Crippen LogP contribution is 2.29. The lowest BCUT2D eigenvalue weighted by atomic mass is 9.97. The molecule has 1 amide bonds. The van der Waals surface area contributed by atoms with Crippen LogP contribution in [0.1, 0.15) is 53.4 Å². The topological polar surface area (TPSA) is 119 Å². The van der Waals surface area contributed by atoms with Crippen LogP contribution in [0.25, 0.3) is 16.8 Å². The van der Waals surface area contributed by atoms with E-state index in [1.54, 1.807) is 25.5 Å². The van der Waals surface area contributed by atoms with Crippen LogP contribution in [-0.2, 0) is 0 Å². The monoisotopic (exact) mass is 429 g/mol. The van der Waals surface area contributed by atoms with Crippen molar-refractivity contribution in [2.75, 3.05) is 0 Å². The first-order valence-corrected chi connectivity index (χ1v) is 10.2. The second-order valence-corrected chi connectivity index (χ2v) is 7.48. The van der Waals surface area contributed by atoms with Crippen LogP contribution in [0.4, 0.5) is 0 Å². The van der Waals surface area contributed by atoms with Gasteiger partial charge >= 0.3 is 0 Å². The predicted molar refractivity (Wildman–Crippen MR) is 118 cm³/mol. The summed E-state index contributed by atoms with van der Waals surface area (Å²) in [6.45, 7) is 5.28. The van der Waals surface area contributed by atoms with Crippen LogP contribution >= 0.6 is 0 Å². The highest BCUT2D eigenvalue weighted by atomic mass is 16.3. The number of tetrazole rings is 1. The summed E-state index contributed by atoms with van der Waals surface area (Å²) < 4.78 is 1.47. The first-order valence-electron chi connectivity index (χ1n) is 10.2. The first-order chi connectivity index (χ1) is 15.5. The lowest BCUT2D eigenvalue weighted by Gasteiger charge is -2.18. The number of aliphatic hydroxyl groups excluding tert-OH is 1. The molecule has 0 saturated carbocycles. The van der Waals surface area contributed by atoms with Gasteiger partial charge in [0.2, 0.25) is 0 Å². The third-order valence-electron chi connectivity index (χ3n) is 5.20. The third kappa shape index (κ3) is 4.23. The lowest BCUT2D eigenvalue weighted by molar-refractivity contribution is 0.0938. The van der Waals surface area contributed by atoms with Gasteiger partial charge in [-0.15, -0.1) is 5.10 Å². The predicted octanol–water partition coefficient (Wildman–Crippen LogP) is 2.97. The van der Waals surface area contributed by atoms with Crippen molar-refractivity contribution >= 4 is 5.91 Å². The molecule has 2 aromatic heterocycles. The van der Waals surface area contributed by atoms with Crippen LogP contribution in [0, 0.1) is 6.92 Å². The third-order valence-corrected chi connectivity index (χ3v) is 5.20. The van der Waals surface area contributed by atoms with E-state index >= 15 is 0 Å². The molecule has 0 bridgehead atoms. The van der Waals surface area contributed by atoms with Gasteiger partial charge in [-0.2, -0.15) is 4.68 Å². The minimum absolute atomic E-state index is 0.258. The molecule has 9 nitrogen and oxygen atoms in total. The second-order valence-electron chi connectivity index (χ2n) is 7.48. The Labute approximate surface area is 185 Å². The maximum Gasteiger partial charge on any atom is 0.252 e. The number of aliphatic hydroxyl groups is 1. The number of amides is 1. The van der Waals surface area contributed by atoms with Crippen molar-refractivity contribution in [2.45, 2.75) is 32.9 Å². The van der Waals surface area contributed by atoms with Crippen molar-refractivity contribution in [3.8, 4) is 16.8 Å². The molecular weight excluding hydrogens is 406 g/mol. The molecule has 2 atom stereocenters. The fourth-order valence-electron chi connectivity index (χ4n) is 3.46. The van der Waals surface area contributed by atoms with Gasteiger partial charge in [0, 0.05) is 18.0 Å². The van der Waals surface area contributed by atoms with Gasteiger partial charge in [0.1, 0.15) is 6.10 Å². The van der Waals surface area contributed by atoms with Crippen molar-refractivity contribution in [3.05, 3.63) is 83.7 Å². The van der Waals surface area contributed by atoms with Crippen molar-refractivity contribution in [1.82, 2.24) is 35.5 Å². The molecule has 2 aromatic carbocycles. The molecule has 0 fully saturated rings. The van der Waals surface area contributed by atoms with Crippen molar-refractivity contribution < 1.29 is 9.90 Å². The molecule has 4 rings (SSSR count). The molecule has 0 saturated heterocycles. The number of carbonyl (C=O) groups is 1. The van der Waals surface area contributed by atoms with Gasteiger partial charge in [-0.05, 0) is 60.0 Å². The molecule has 9 heteroatoms. The fourth-order valence-corrected chi connectivity index (χ4v) is 3.46. The molecule has 0 aliphatic carbocycles. The van der Waals surface area contributed by atoms with Gasteiger partial charge in [-0.1, -0.05) is 30.3 Å². The Morgan fingerprint density at radius 3 is 2.56 bits per heavy atom. The Hall–Kier alpha value is -3.98. The van der Waals surface area contributed by atoms with Crippen molar-refractivity contribution in [1.29, 1.82) is 0 Å². The van der Waals surface area contributed by atoms with E-state index in [1.807, 2.05) is 56.3 Å². The van der Waals surface area contributed by atoms with Gasteiger partial charge in [-0.25, -0.2) is 0 Å². The van der Waals surface area contributed by atoms with Crippen LogP contribution < -0.4 is 5.32 Å². The van der Waals surface area contributed by atoms with Gasteiger partial charge in [-0.3, -0.25) is 14.8 Å². The maximum atomic E-state index is 13.3. The number of carbonyl (C=O) groups excluding carboxylic acids is 1. The van der Waals surface area contributed by atoms with Crippen LogP contribution in [0.3, 0.4) is 0 Å². The summed E-state index contributed by atoms with van der Waals surface area (Å²) in [6.07, 6.45) is 3.93. The summed E-state index contributed by atoms with van der Waals surface area (Å²) in [5, 5.41) is 24.8. The van der Waals surface area contributed by atoms with Crippen LogP contribution in [0.2, 0.25) is 0 Å². The van der Waals surface area contributed by atoms with Gasteiger partial charge < -0.3 is 10.4 Å². The van der Waals surface area contributed by atoms with E-state index < -0.39 is 6.10 Å². The Kier molecular flexibility index (Phi) is 6.00. The quantitative estimate of drug-likeness (QED) is 0.484. The van der Waals surface area contributed by atoms with Gasteiger partial charge in [0.05, 0.1) is 23.6 Å². The standard InChI is InChI=1S/C23H23N7O2/c1-14-19(23(32)26-15(2)20-13-24-9-10-25-20)11-18(17-7-5-4-6-8-17)12-21(14)30-22(16(3)31)27-28-29-30/h4-13,15-16,31H,1-3H3,(H,26,32)/t15-,16?/m0/s1. The molecule has 162 valence electrons. The van der Waals surface area contributed by atoms with E-state index in [1.165, 1.54) is 4.68 Å². The van der Waals surface area contributed by atoms with Gasteiger partial charge in [0.25, 0.3) is 5.91 Å². The highest BCUT2D eigenvalue weighted by Gasteiger charge is 2.22. The van der Waals surface area contributed by atoms with E-state index in [4.69, 9.17) is 0 Å². The molecule has 32 heavy (non-hydrogen) atoms. The van der Waals surface area contributed by atoms with Crippen LogP contribution in [-0.4, -0.2) is 41.2 Å². The lowest BCUT2D eigenvalue weighted by Crippen LogP contribution is -2.28. The number of nitrogens with zero attached hydrogens (tertiary/aromatic N) is 6. The molecule has 2 heterocycles. The molecule has 0 spiro atoms. The molecule has 0 radical (unpaired) electrons. The average molecular weight is 429 g/mol. The molecule has 2 N–H and O–H groups in total. The number of nitrogens with one attached hydrogen (secondary N) is 1. The van der Waals surface area contributed by atoms with Crippen molar-refractivity contribution in [2.24, 2.45) is 0 Å².